The zero-order valence-corrected chi connectivity index (χ0v) is 7.12. The Morgan fingerprint density at radius 2 is 2.18 bits per heavy atom. The van der Waals surface area contributed by atoms with E-state index in [0.29, 0.717) is 0 Å². The minimum atomic E-state index is 0.0659. The Balaban J connectivity index is 2.41. The maximum absolute atomic E-state index is 5.22. The van der Waals surface area contributed by atoms with Crippen LogP contribution in [0.25, 0.3) is 0 Å². The van der Waals surface area contributed by atoms with Crippen LogP contribution in [0.5, 0.6) is 0 Å². The van der Waals surface area contributed by atoms with Gasteiger partial charge in [-0.05, 0) is 13.5 Å². The van der Waals surface area contributed by atoms with Gasteiger partial charge in [-0.2, -0.15) is 0 Å². The fourth-order valence-corrected chi connectivity index (χ4v) is 1.43. The summed E-state index contributed by atoms with van der Waals surface area (Å²) < 4.78 is 5.22. The molecule has 1 saturated heterocycles. The fraction of sp³-hybridized carbons (Fsp3) is 1.00. The van der Waals surface area contributed by atoms with Gasteiger partial charge in [0.25, 0.3) is 0 Å². The van der Waals surface area contributed by atoms with Crippen molar-refractivity contribution in [3.8, 4) is 0 Å². The lowest BCUT2D eigenvalue weighted by atomic mass is 10.1. The molecule has 4 heteroatoms. The van der Waals surface area contributed by atoms with Gasteiger partial charge in [0.1, 0.15) is 6.10 Å². The molecular formula is C7H16N2O2. The number of piperidine rings is 1. The predicted molar refractivity (Wildman–Crippen MR) is 42.0 cm³/mol. The molecular weight excluding hydrogens is 144 g/mol. The zero-order valence-electron chi connectivity index (χ0n) is 7.12. The second-order valence-corrected chi connectivity index (χ2v) is 3.00. The van der Waals surface area contributed by atoms with Gasteiger partial charge in [-0.15, -0.1) is 0 Å². The fourth-order valence-electron chi connectivity index (χ4n) is 1.43. The smallest absolute Gasteiger partial charge is 0.107 e. The van der Waals surface area contributed by atoms with Gasteiger partial charge in [0.15, 0.2) is 0 Å². The molecule has 1 aliphatic heterocycles. The Morgan fingerprint density at radius 3 is 2.73 bits per heavy atom. The van der Waals surface area contributed by atoms with Crippen molar-refractivity contribution in [2.75, 3.05) is 27.2 Å². The molecule has 0 spiro atoms. The number of likely N-dealkylation sites (tertiary alicyclic amines) is 1. The highest BCUT2D eigenvalue weighted by atomic mass is 16.6. The lowest BCUT2D eigenvalue weighted by Crippen LogP contribution is -2.47. The lowest BCUT2D eigenvalue weighted by molar-refractivity contribution is -0.0922. The summed E-state index contributed by atoms with van der Waals surface area (Å²) in [6.45, 7) is 1.93. The van der Waals surface area contributed by atoms with Crippen LogP contribution in [0.1, 0.15) is 6.42 Å². The van der Waals surface area contributed by atoms with E-state index in [-0.39, 0.29) is 12.2 Å². The van der Waals surface area contributed by atoms with Crippen molar-refractivity contribution >= 4 is 0 Å². The first kappa shape index (κ1) is 8.93. The highest BCUT2D eigenvalue weighted by Crippen LogP contribution is 2.13. The monoisotopic (exact) mass is 160 g/mol. The highest BCUT2D eigenvalue weighted by Gasteiger charge is 2.27. The number of methoxy groups -OCH3 is 1. The molecule has 11 heavy (non-hydrogen) atoms. The van der Waals surface area contributed by atoms with Crippen LogP contribution in [-0.4, -0.2) is 44.4 Å². The number of nitrogens with zero attached hydrogens (tertiary/aromatic N) is 1. The lowest BCUT2D eigenvalue weighted by Gasteiger charge is -2.34. The van der Waals surface area contributed by atoms with Gasteiger partial charge in [-0.3, -0.25) is 4.84 Å². The third-order valence-electron chi connectivity index (χ3n) is 2.18. The van der Waals surface area contributed by atoms with Gasteiger partial charge in [-0.1, -0.05) is 0 Å². The molecule has 2 atom stereocenters. The molecule has 1 fully saturated rings. The summed E-state index contributed by atoms with van der Waals surface area (Å²) >= 11 is 0. The van der Waals surface area contributed by atoms with Gasteiger partial charge in [0, 0.05) is 20.2 Å². The zero-order chi connectivity index (χ0) is 8.27. The topological polar surface area (TPSA) is 47.7 Å². The number of rotatable bonds is 2. The number of ether oxygens (including phenoxy) is 1. The van der Waals surface area contributed by atoms with E-state index in [9.17, 15) is 0 Å². The Bertz CT molecular complexity index is 121. The molecule has 1 heterocycles. The Labute approximate surface area is 67.2 Å². The Kier molecular flexibility index (Phi) is 3.26. The van der Waals surface area contributed by atoms with E-state index in [2.05, 4.69) is 11.9 Å². The molecule has 0 saturated carbocycles. The molecule has 2 N–H and O–H groups in total. The summed E-state index contributed by atoms with van der Waals surface area (Å²) in [6, 6.07) is 0. The van der Waals surface area contributed by atoms with E-state index in [0.717, 1.165) is 19.5 Å². The van der Waals surface area contributed by atoms with E-state index in [1.807, 2.05) is 0 Å². The van der Waals surface area contributed by atoms with Gasteiger partial charge in [0.05, 0.1) is 6.10 Å². The number of likely N-dealkylation sites (N-methyl/N-ethyl adjacent to an activating group) is 1. The van der Waals surface area contributed by atoms with Gasteiger partial charge < -0.3 is 9.64 Å². The number of hydrogen-bond acceptors (Lipinski definition) is 4. The van der Waals surface area contributed by atoms with Crippen LogP contribution in [-0.2, 0) is 9.57 Å². The molecule has 1 aliphatic rings. The summed E-state index contributed by atoms with van der Waals surface area (Å²) in [7, 11) is 3.76. The summed E-state index contributed by atoms with van der Waals surface area (Å²) in [6.07, 6.45) is 1.14. The molecule has 4 nitrogen and oxygen atoms in total. The first-order valence-electron chi connectivity index (χ1n) is 3.84. The first-order chi connectivity index (χ1) is 5.27. The summed E-state index contributed by atoms with van der Waals surface area (Å²) in [5, 5.41) is 0. The average molecular weight is 160 g/mol. The van der Waals surface area contributed by atoms with Crippen molar-refractivity contribution in [3.63, 3.8) is 0 Å². The van der Waals surface area contributed by atoms with E-state index >= 15 is 0 Å². The SMILES string of the molecule is COC1CN(C)CCC1ON. The van der Waals surface area contributed by atoms with E-state index < -0.39 is 0 Å². The molecule has 0 radical (unpaired) electrons. The minimum Gasteiger partial charge on any atom is -0.377 e. The van der Waals surface area contributed by atoms with Crippen molar-refractivity contribution in [1.29, 1.82) is 0 Å². The molecule has 0 aliphatic carbocycles. The summed E-state index contributed by atoms with van der Waals surface area (Å²) in [5.41, 5.74) is 0. The van der Waals surface area contributed by atoms with Crippen molar-refractivity contribution in [3.05, 3.63) is 0 Å². The molecule has 0 aromatic rings. The van der Waals surface area contributed by atoms with Crippen molar-refractivity contribution < 1.29 is 9.57 Å². The molecule has 0 amide bonds. The predicted octanol–water partition coefficient (Wildman–Crippen LogP) is -0.404. The third kappa shape index (κ3) is 2.13. The number of hydrogen-bond donors (Lipinski definition) is 1. The van der Waals surface area contributed by atoms with Gasteiger partial charge >= 0.3 is 0 Å². The van der Waals surface area contributed by atoms with Gasteiger partial charge in [0.2, 0.25) is 0 Å². The molecule has 0 bridgehead atoms. The average Bonchev–Trinajstić information content (AvgIpc) is 2.04. The van der Waals surface area contributed by atoms with Crippen LogP contribution in [0, 0.1) is 0 Å². The Hall–Kier alpha value is -0.160. The molecule has 1 rings (SSSR count). The molecule has 0 aromatic carbocycles. The summed E-state index contributed by atoms with van der Waals surface area (Å²) in [5.74, 6) is 5.12. The standard InChI is InChI=1S/C7H16N2O2/c1-9-4-3-6(11-8)7(5-9)10-2/h6-7H,3-5,8H2,1-2H3. The number of nitrogens with two attached hydrogens (primary N) is 1. The highest BCUT2D eigenvalue weighted by molar-refractivity contribution is 4.79. The second-order valence-electron chi connectivity index (χ2n) is 3.00. The van der Waals surface area contributed by atoms with Crippen LogP contribution in [0.4, 0.5) is 0 Å². The summed E-state index contributed by atoms with van der Waals surface area (Å²) in [4.78, 5) is 7.00. The molecule has 2 unspecified atom stereocenters. The maximum atomic E-state index is 5.22. The van der Waals surface area contributed by atoms with E-state index in [1.165, 1.54) is 0 Å². The van der Waals surface area contributed by atoms with Crippen LogP contribution in [0.15, 0.2) is 0 Å². The second kappa shape index (κ2) is 4.01. The van der Waals surface area contributed by atoms with Crippen LogP contribution < -0.4 is 5.90 Å². The normalized spacial score (nSPS) is 34.1. The largest absolute Gasteiger partial charge is 0.377 e. The van der Waals surface area contributed by atoms with Crippen molar-refractivity contribution in [2.24, 2.45) is 5.90 Å². The van der Waals surface area contributed by atoms with E-state index in [4.69, 9.17) is 15.5 Å². The Morgan fingerprint density at radius 1 is 1.45 bits per heavy atom. The van der Waals surface area contributed by atoms with Crippen LogP contribution in [0.2, 0.25) is 0 Å². The van der Waals surface area contributed by atoms with Crippen molar-refractivity contribution in [2.45, 2.75) is 18.6 Å². The molecule has 0 aromatic heterocycles. The quantitative estimate of drug-likeness (QED) is 0.558. The first-order valence-corrected chi connectivity index (χ1v) is 3.84. The van der Waals surface area contributed by atoms with E-state index in [1.54, 1.807) is 7.11 Å². The maximum Gasteiger partial charge on any atom is 0.107 e. The molecule has 66 valence electrons. The van der Waals surface area contributed by atoms with Crippen LogP contribution >= 0.6 is 0 Å². The van der Waals surface area contributed by atoms with Crippen LogP contribution in [0.3, 0.4) is 0 Å². The minimum absolute atomic E-state index is 0.0659. The third-order valence-corrected chi connectivity index (χ3v) is 2.18. The van der Waals surface area contributed by atoms with Crippen molar-refractivity contribution in [1.82, 2.24) is 4.90 Å². The van der Waals surface area contributed by atoms with Gasteiger partial charge in [-0.25, -0.2) is 5.90 Å².